The average molecular weight is 542 g/mol. The summed E-state index contributed by atoms with van der Waals surface area (Å²) in [5, 5.41) is 26.0. The van der Waals surface area contributed by atoms with Gasteiger partial charge in [-0.15, -0.1) is 0 Å². The van der Waals surface area contributed by atoms with Gasteiger partial charge in [0, 0.05) is 35.8 Å². The van der Waals surface area contributed by atoms with E-state index in [1.165, 1.54) is 24.5 Å². The van der Waals surface area contributed by atoms with Crippen LogP contribution in [0.1, 0.15) is 36.4 Å². The number of carbonyl (C=O) groups excluding carboxylic acids is 2. The lowest BCUT2D eigenvalue weighted by atomic mass is 9.97. The van der Waals surface area contributed by atoms with Crippen molar-refractivity contribution in [3.63, 3.8) is 0 Å². The summed E-state index contributed by atoms with van der Waals surface area (Å²) in [6.07, 6.45) is 1.66. The van der Waals surface area contributed by atoms with Crippen LogP contribution in [0.25, 0.3) is 22.4 Å². The average Bonchev–Trinajstić information content (AvgIpc) is 3.49. The number of nitrogens with zero attached hydrogens (tertiary/aromatic N) is 3. The molecule has 4 aromatic rings. The summed E-state index contributed by atoms with van der Waals surface area (Å²) in [4.78, 5) is 31.9. The molecule has 0 aliphatic heterocycles. The van der Waals surface area contributed by atoms with Gasteiger partial charge in [0.05, 0.1) is 12.0 Å². The van der Waals surface area contributed by atoms with E-state index in [2.05, 4.69) is 26.6 Å². The molecule has 0 saturated heterocycles. The molecule has 0 aliphatic rings. The van der Waals surface area contributed by atoms with Crippen molar-refractivity contribution in [1.29, 1.82) is 5.26 Å². The van der Waals surface area contributed by atoms with Crippen molar-refractivity contribution < 1.29 is 23.5 Å². The highest BCUT2D eigenvalue weighted by atomic mass is 19.1. The summed E-state index contributed by atoms with van der Waals surface area (Å²) in [5.41, 5.74) is 1.89. The lowest BCUT2D eigenvalue weighted by molar-refractivity contribution is -0.116. The largest absolute Gasteiger partial charge is 0.507 e. The Hall–Kier alpha value is -5.01. The third kappa shape index (κ3) is 6.51. The molecule has 10 heteroatoms. The number of benzene rings is 2. The number of anilines is 2. The normalized spacial score (nSPS) is 10.8. The van der Waals surface area contributed by atoms with Crippen molar-refractivity contribution in [2.75, 3.05) is 30.3 Å². The molecule has 0 atom stereocenters. The van der Waals surface area contributed by atoms with Gasteiger partial charge in [0.1, 0.15) is 23.2 Å². The molecule has 0 aliphatic carbocycles. The SMILES string of the molecule is CCN(CC)CCC(=O)Nc1cccc(-c2cc(-c3ccc(F)cc3O)nc(NC(=O)c3ccco3)c2C#N)c1. The van der Waals surface area contributed by atoms with E-state index in [1.807, 2.05) is 13.8 Å². The van der Waals surface area contributed by atoms with E-state index >= 15 is 0 Å². The zero-order valence-electron chi connectivity index (χ0n) is 22.1. The summed E-state index contributed by atoms with van der Waals surface area (Å²) >= 11 is 0. The fourth-order valence-corrected chi connectivity index (χ4v) is 4.20. The molecule has 2 amide bonds. The van der Waals surface area contributed by atoms with Crippen LogP contribution in [0.3, 0.4) is 0 Å². The van der Waals surface area contributed by atoms with Crippen molar-refractivity contribution in [2.24, 2.45) is 0 Å². The van der Waals surface area contributed by atoms with E-state index in [0.717, 1.165) is 19.2 Å². The maximum absolute atomic E-state index is 13.7. The van der Waals surface area contributed by atoms with Crippen LogP contribution in [-0.4, -0.2) is 46.4 Å². The monoisotopic (exact) mass is 541 g/mol. The Morgan fingerprint density at radius 3 is 2.52 bits per heavy atom. The van der Waals surface area contributed by atoms with E-state index in [4.69, 9.17) is 4.42 Å². The van der Waals surface area contributed by atoms with Gasteiger partial charge in [0.25, 0.3) is 5.91 Å². The molecule has 0 fully saturated rings. The van der Waals surface area contributed by atoms with Crippen molar-refractivity contribution >= 4 is 23.3 Å². The zero-order chi connectivity index (χ0) is 28.6. The molecule has 2 aromatic carbocycles. The quantitative estimate of drug-likeness (QED) is 0.236. The Labute approximate surface area is 230 Å². The number of halogens is 1. The van der Waals surface area contributed by atoms with Crippen LogP contribution in [0.15, 0.2) is 71.3 Å². The molecule has 204 valence electrons. The Morgan fingerprint density at radius 1 is 1.05 bits per heavy atom. The maximum atomic E-state index is 13.7. The predicted octanol–water partition coefficient (Wildman–Crippen LogP) is 5.65. The highest BCUT2D eigenvalue weighted by Gasteiger charge is 2.20. The lowest BCUT2D eigenvalue weighted by Gasteiger charge is -2.17. The van der Waals surface area contributed by atoms with Gasteiger partial charge in [-0.1, -0.05) is 26.0 Å². The van der Waals surface area contributed by atoms with E-state index in [0.29, 0.717) is 29.8 Å². The number of aromatic nitrogens is 1. The van der Waals surface area contributed by atoms with E-state index < -0.39 is 11.7 Å². The molecule has 2 heterocycles. The number of nitriles is 1. The number of hydrogen-bond donors (Lipinski definition) is 3. The van der Waals surface area contributed by atoms with Crippen LogP contribution < -0.4 is 10.6 Å². The third-order valence-electron chi connectivity index (χ3n) is 6.35. The number of hydrogen-bond acceptors (Lipinski definition) is 7. The van der Waals surface area contributed by atoms with Gasteiger partial charge >= 0.3 is 0 Å². The Kier molecular flexibility index (Phi) is 8.89. The van der Waals surface area contributed by atoms with Crippen LogP contribution in [0, 0.1) is 17.1 Å². The van der Waals surface area contributed by atoms with Crippen LogP contribution in [0.2, 0.25) is 0 Å². The molecule has 0 unspecified atom stereocenters. The van der Waals surface area contributed by atoms with E-state index in [-0.39, 0.29) is 40.1 Å². The fourth-order valence-electron chi connectivity index (χ4n) is 4.20. The number of pyridine rings is 1. The smallest absolute Gasteiger partial charge is 0.292 e. The van der Waals surface area contributed by atoms with E-state index in [9.17, 15) is 24.3 Å². The van der Waals surface area contributed by atoms with Gasteiger partial charge in [0.2, 0.25) is 5.91 Å². The number of furan rings is 1. The molecule has 40 heavy (non-hydrogen) atoms. The summed E-state index contributed by atoms with van der Waals surface area (Å²) in [5.74, 6) is -1.84. The van der Waals surface area contributed by atoms with Gasteiger partial charge in [-0.3, -0.25) is 9.59 Å². The van der Waals surface area contributed by atoms with Crippen LogP contribution in [-0.2, 0) is 4.79 Å². The number of phenols is 1. The zero-order valence-corrected chi connectivity index (χ0v) is 22.1. The first-order valence-corrected chi connectivity index (χ1v) is 12.7. The standard InChI is InChI=1S/C30H28FN5O4/c1-3-36(4-2)13-12-28(38)33-21-8-5-7-19(15-21)23-17-25(22-11-10-20(31)16-26(22)37)34-29(24(23)18-32)35-30(39)27-9-6-14-40-27/h5-11,14-17,37H,3-4,12-13H2,1-2H3,(H,33,38)(H,34,35,39). The molecule has 9 nitrogen and oxygen atoms in total. The highest BCUT2D eigenvalue weighted by molar-refractivity contribution is 6.03. The van der Waals surface area contributed by atoms with Crippen molar-refractivity contribution in [2.45, 2.75) is 20.3 Å². The van der Waals surface area contributed by atoms with Crippen molar-refractivity contribution in [3.05, 3.63) is 84.1 Å². The predicted molar refractivity (Wildman–Crippen MR) is 149 cm³/mol. The summed E-state index contributed by atoms with van der Waals surface area (Å²) in [6.45, 7) is 6.41. The number of aromatic hydroxyl groups is 1. The number of phenolic OH excluding ortho intramolecular Hbond substituents is 1. The Balaban J connectivity index is 1.75. The summed E-state index contributed by atoms with van der Waals surface area (Å²) < 4.78 is 18.9. The topological polar surface area (TPSA) is 131 Å². The first kappa shape index (κ1) is 28.0. The van der Waals surface area contributed by atoms with Crippen LogP contribution in [0.5, 0.6) is 5.75 Å². The molecule has 0 radical (unpaired) electrons. The van der Waals surface area contributed by atoms with Crippen molar-refractivity contribution in [3.8, 4) is 34.2 Å². The summed E-state index contributed by atoms with van der Waals surface area (Å²) in [6, 6.07) is 17.1. The number of nitrogens with one attached hydrogen (secondary N) is 2. The number of rotatable bonds is 10. The minimum Gasteiger partial charge on any atom is -0.507 e. The molecule has 3 N–H and O–H groups in total. The van der Waals surface area contributed by atoms with E-state index in [1.54, 1.807) is 36.4 Å². The second kappa shape index (κ2) is 12.7. The highest BCUT2D eigenvalue weighted by Crippen LogP contribution is 2.36. The molecular weight excluding hydrogens is 513 g/mol. The van der Waals surface area contributed by atoms with Crippen LogP contribution >= 0.6 is 0 Å². The summed E-state index contributed by atoms with van der Waals surface area (Å²) in [7, 11) is 0. The van der Waals surface area contributed by atoms with Gasteiger partial charge in [0.15, 0.2) is 11.6 Å². The Morgan fingerprint density at radius 2 is 1.85 bits per heavy atom. The molecule has 0 spiro atoms. The molecular formula is C30H28FN5O4. The Bertz CT molecular complexity index is 1560. The van der Waals surface area contributed by atoms with Crippen LogP contribution in [0.4, 0.5) is 15.9 Å². The third-order valence-corrected chi connectivity index (χ3v) is 6.35. The van der Waals surface area contributed by atoms with Gasteiger partial charge in [-0.25, -0.2) is 9.37 Å². The maximum Gasteiger partial charge on any atom is 0.292 e. The number of carbonyl (C=O) groups is 2. The minimum atomic E-state index is -0.633. The van der Waals surface area contributed by atoms with Gasteiger partial charge < -0.3 is 25.1 Å². The second-order valence-electron chi connectivity index (χ2n) is 8.89. The molecule has 2 aromatic heterocycles. The second-order valence-corrected chi connectivity index (χ2v) is 8.89. The molecule has 0 bridgehead atoms. The molecule has 4 rings (SSSR count). The minimum absolute atomic E-state index is 0.0108. The fraction of sp³-hybridized carbons (Fsp3) is 0.200. The first-order chi connectivity index (χ1) is 19.3. The van der Waals surface area contributed by atoms with Crippen molar-refractivity contribution in [1.82, 2.24) is 9.88 Å². The lowest BCUT2D eigenvalue weighted by Crippen LogP contribution is -2.27. The van der Waals surface area contributed by atoms with Gasteiger partial charge in [-0.05, 0) is 61.1 Å². The molecule has 0 saturated carbocycles. The number of amides is 2. The van der Waals surface area contributed by atoms with Gasteiger partial charge in [-0.2, -0.15) is 5.26 Å². The first-order valence-electron chi connectivity index (χ1n) is 12.7.